The van der Waals surface area contributed by atoms with E-state index in [0.29, 0.717) is 22.3 Å². The quantitative estimate of drug-likeness (QED) is 0.549. The zero-order valence-corrected chi connectivity index (χ0v) is 19.8. The predicted octanol–water partition coefficient (Wildman–Crippen LogP) is 5.35. The number of hydrogen-bond acceptors (Lipinski definition) is 4. The van der Waals surface area contributed by atoms with E-state index in [9.17, 15) is 13.2 Å². The van der Waals surface area contributed by atoms with Gasteiger partial charge in [-0.2, -0.15) is 0 Å². The molecule has 0 unspecified atom stereocenters. The zero-order valence-electron chi connectivity index (χ0n) is 18.2. The molecule has 1 aromatic heterocycles. The fourth-order valence-electron chi connectivity index (χ4n) is 7.08. The SMILES string of the molecule is CCn1c(=O)sc2cc(S(=O)(=O)Nc3ccc(C45CC6CC(CC(C6)C4)C5)cc3)ccc21. The average molecular weight is 469 g/mol. The molecule has 7 rings (SSSR count). The van der Waals surface area contributed by atoms with Gasteiger partial charge in [0.25, 0.3) is 10.0 Å². The van der Waals surface area contributed by atoms with Crippen LogP contribution in [0.5, 0.6) is 0 Å². The first-order valence-electron chi connectivity index (χ1n) is 11.6. The van der Waals surface area contributed by atoms with Crippen LogP contribution < -0.4 is 9.60 Å². The van der Waals surface area contributed by atoms with E-state index in [1.807, 2.05) is 19.1 Å². The van der Waals surface area contributed by atoms with E-state index in [2.05, 4.69) is 16.9 Å². The summed E-state index contributed by atoms with van der Waals surface area (Å²) in [6.45, 7) is 2.48. The Morgan fingerprint density at radius 1 is 1.00 bits per heavy atom. The Balaban J connectivity index is 1.25. The van der Waals surface area contributed by atoms with Crippen LogP contribution in [0.4, 0.5) is 5.69 Å². The molecule has 5 nitrogen and oxygen atoms in total. The van der Waals surface area contributed by atoms with Gasteiger partial charge < -0.3 is 0 Å². The van der Waals surface area contributed by atoms with Gasteiger partial charge >= 0.3 is 4.87 Å². The summed E-state index contributed by atoms with van der Waals surface area (Å²) in [6.07, 6.45) is 8.13. The van der Waals surface area contributed by atoms with E-state index in [-0.39, 0.29) is 9.77 Å². The van der Waals surface area contributed by atoms with Gasteiger partial charge in [0.05, 0.1) is 15.1 Å². The van der Waals surface area contributed by atoms with Crippen LogP contribution in [0, 0.1) is 17.8 Å². The van der Waals surface area contributed by atoms with Gasteiger partial charge in [-0.3, -0.25) is 14.1 Å². The van der Waals surface area contributed by atoms with Gasteiger partial charge in [-0.05, 0) is 105 Å². The Kier molecular flexibility index (Phi) is 4.60. The molecule has 168 valence electrons. The van der Waals surface area contributed by atoms with Crippen molar-refractivity contribution in [3.63, 3.8) is 0 Å². The van der Waals surface area contributed by atoms with Crippen LogP contribution in [0.2, 0.25) is 0 Å². The number of nitrogens with one attached hydrogen (secondary N) is 1. The maximum absolute atomic E-state index is 13.0. The Bertz CT molecular complexity index is 1320. The number of thiazole rings is 1. The van der Waals surface area contributed by atoms with Crippen LogP contribution in [0.25, 0.3) is 10.2 Å². The summed E-state index contributed by atoms with van der Waals surface area (Å²) in [6, 6.07) is 13.0. The molecule has 4 aliphatic rings. The number of aryl methyl sites for hydroxylation is 1. The van der Waals surface area contributed by atoms with Crippen LogP contribution in [-0.4, -0.2) is 13.0 Å². The van der Waals surface area contributed by atoms with Crippen molar-refractivity contribution in [1.82, 2.24) is 4.57 Å². The number of fused-ring (bicyclic) bond motifs is 1. The van der Waals surface area contributed by atoms with Crippen molar-refractivity contribution in [2.75, 3.05) is 4.72 Å². The Morgan fingerprint density at radius 3 is 2.22 bits per heavy atom. The highest BCUT2D eigenvalue weighted by Crippen LogP contribution is 2.60. The third-order valence-electron chi connectivity index (χ3n) is 8.05. The minimum atomic E-state index is -3.73. The average Bonchev–Trinajstić information content (AvgIpc) is 3.07. The molecule has 0 aliphatic heterocycles. The molecule has 2 aromatic carbocycles. The number of rotatable bonds is 5. The van der Waals surface area contributed by atoms with Gasteiger partial charge in [0.15, 0.2) is 0 Å². The van der Waals surface area contributed by atoms with E-state index in [0.717, 1.165) is 34.6 Å². The predicted molar refractivity (Wildman–Crippen MR) is 129 cm³/mol. The number of anilines is 1. The first-order chi connectivity index (χ1) is 15.3. The van der Waals surface area contributed by atoms with E-state index in [1.54, 1.807) is 22.8 Å². The molecule has 3 aromatic rings. The van der Waals surface area contributed by atoms with Gasteiger partial charge in [-0.1, -0.05) is 23.5 Å². The summed E-state index contributed by atoms with van der Waals surface area (Å²) in [5, 5.41) is 0. The van der Waals surface area contributed by atoms with Gasteiger partial charge in [0, 0.05) is 12.2 Å². The number of benzene rings is 2. The zero-order chi connectivity index (χ0) is 22.1. The van der Waals surface area contributed by atoms with E-state index >= 15 is 0 Å². The molecule has 0 spiro atoms. The summed E-state index contributed by atoms with van der Waals surface area (Å²) >= 11 is 1.08. The van der Waals surface area contributed by atoms with Gasteiger partial charge in [-0.15, -0.1) is 0 Å². The molecule has 4 aliphatic carbocycles. The van der Waals surface area contributed by atoms with Crippen LogP contribution in [0.15, 0.2) is 52.2 Å². The molecule has 4 fully saturated rings. The van der Waals surface area contributed by atoms with Crippen molar-refractivity contribution in [2.24, 2.45) is 17.8 Å². The summed E-state index contributed by atoms with van der Waals surface area (Å²) in [5.74, 6) is 2.65. The Hall–Kier alpha value is -2.12. The molecule has 7 heteroatoms. The minimum absolute atomic E-state index is 0.0646. The molecular weight excluding hydrogens is 440 g/mol. The largest absolute Gasteiger partial charge is 0.308 e. The number of sulfonamides is 1. The highest BCUT2D eigenvalue weighted by Gasteiger charge is 2.51. The van der Waals surface area contributed by atoms with Crippen molar-refractivity contribution in [2.45, 2.75) is 62.3 Å². The van der Waals surface area contributed by atoms with Crippen molar-refractivity contribution < 1.29 is 8.42 Å². The van der Waals surface area contributed by atoms with E-state index in [4.69, 9.17) is 0 Å². The lowest BCUT2D eigenvalue weighted by Crippen LogP contribution is -2.48. The third-order valence-corrected chi connectivity index (χ3v) is 10.4. The molecule has 4 bridgehead atoms. The van der Waals surface area contributed by atoms with E-state index < -0.39 is 10.0 Å². The van der Waals surface area contributed by atoms with Crippen molar-refractivity contribution in [1.29, 1.82) is 0 Å². The van der Waals surface area contributed by atoms with Crippen molar-refractivity contribution in [3.05, 3.63) is 57.7 Å². The summed E-state index contributed by atoms with van der Waals surface area (Å²) in [5.41, 5.74) is 3.05. The molecule has 1 heterocycles. The second-order valence-electron chi connectivity index (χ2n) is 10.1. The molecule has 0 atom stereocenters. The molecule has 0 amide bonds. The second kappa shape index (κ2) is 7.19. The van der Waals surface area contributed by atoms with Crippen LogP contribution >= 0.6 is 11.3 Å². The normalized spacial score (nSPS) is 29.0. The van der Waals surface area contributed by atoms with Gasteiger partial charge in [-0.25, -0.2) is 8.42 Å². The highest BCUT2D eigenvalue weighted by atomic mass is 32.2. The Morgan fingerprint density at radius 2 is 1.62 bits per heavy atom. The Labute approximate surface area is 192 Å². The fraction of sp³-hybridized carbons (Fsp3) is 0.480. The first-order valence-corrected chi connectivity index (χ1v) is 13.9. The molecule has 32 heavy (non-hydrogen) atoms. The maximum atomic E-state index is 13.0. The van der Waals surface area contributed by atoms with Gasteiger partial charge in [0.2, 0.25) is 0 Å². The maximum Gasteiger partial charge on any atom is 0.308 e. The minimum Gasteiger partial charge on any atom is -0.299 e. The lowest BCUT2D eigenvalue weighted by atomic mass is 9.48. The lowest BCUT2D eigenvalue weighted by Gasteiger charge is -2.57. The van der Waals surface area contributed by atoms with Crippen molar-refractivity contribution >= 4 is 37.3 Å². The first kappa shape index (κ1) is 20.5. The smallest absolute Gasteiger partial charge is 0.299 e. The van der Waals surface area contributed by atoms with Crippen LogP contribution in [0.1, 0.15) is 51.0 Å². The molecule has 1 N–H and O–H groups in total. The second-order valence-corrected chi connectivity index (χ2v) is 12.8. The van der Waals surface area contributed by atoms with Crippen LogP contribution in [0.3, 0.4) is 0 Å². The monoisotopic (exact) mass is 468 g/mol. The summed E-state index contributed by atoms with van der Waals surface area (Å²) in [4.78, 5) is 12.2. The van der Waals surface area contributed by atoms with E-state index in [1.165, 1.54) is 44.1 Å². The third kappa shape index (κ3) is 3.24. The molecule has 0 saturated heterocycles. The topological polar surface area (TPSA) is 68.2 Å². The van der Waals surface area contributed by atoms with Gasteiger partial charge in [0.1, 0.15) is 0 Å². The summed E-state index contributed by atoms with van der Waals surface area (Å²) < 4.78 is 31.1. The molecular formula is C25H28N2O3S2. The molecule has 0 radical (unpaired) electrons. The highest BCUT2D eigenvalue weighted by molar-refractivity contribution is 7.92. The van der Waals surface area contributed by atoms with Crippen LogP contribution in [-0.2, 0) is 22.0 Å². The fourth-order valence-corrected chi connectivity index (χ4v) is 9.24. The summed E-state index contributed by atoms with van der Waals surface area (Å²) in [7, 11) is -3.73. The standard InChI is InChI=1S/C25H28N2O3S2/c1-2-27-22-8-7-21(12-23(22)31-24(27)28)32(29,30)26-20-5-3-19(4-6-20)25-13-16-9-17(14-25)11-18(10-16)15-25/h3-8,12,16-18,26H,2,9-11,13-15H2,1H3. The van der Waals surface area contributed by atoms with Crippen molar-refractivity contribution in [3.8, 4) is 0 Å². The number of hydrogen-bond donors (Lipinski definition) is 1. The molecule has 4 saturated carbocycles. The number of nitrogens with zero attached hydrogens (tertiary/aromatic N) is 1. The number of aromatic nitrogens is 1. The lowest BCUT2D eigenvalue weighted by molar-refractivity contribution is -0.00518.